The number of thioether (sulfide) groups is 1. The summed E-state index contributed by atoms with van der Waals surface area (Å²) < 4.78 is 10.6. The van der Waals surface area contributed by atoms with Crippen LogP contribution in [0.2, 0.25) is 0 Å². The van der Waals surface area contributed by atoms with E-state index in [1.54, 1.807) is 26.0 Å². The highest BCUT2D eigenvalue weighted by atomic mass is 32.2. The summed E-state index contributed by atoms with van der Waals surface area (Å²) in [7, 11) is 3.27. The van der Waals surface area contributed by atoms with E-state index in [0.29, 0.717) is 23.8 Å². The lowest BCUT2D eigenvalue weighted by atomic mass is 10.1. The predicted molar refractivity (Wildman–Crippen MR) is 103 cm³/mol. The quantitative estimate of drug-likeness (QED) is 0.719. The Morgan fingerprint density at radius 1 is 1.08 bits per heavy atom. The van der Waals surface area contributed by atoms with E-state index in [9.17, 15) is 4.79 Å². The molecule has 0 fully saturated rings. The Morgan fingerprint density at radius 2 is 1.80 bits per heavy atom. The largest absolute Gasteiger partial charge is 0.497 e. The molecule has 25 heavy (non-hydrogen) atoms. The van der Waals surface area contributed by atoms with Crippen LogP contribution in [0.3, 0.4) is 0 Å². The third-order valence-corrected chi connectivity index (χ3v) is 4.67. The van der Waals surface area contributed by atoms with Crippen LogP contribution in [0.4, 0.5) is 0 Å². The summed E-state index contributed by atoms with van der Waals surface area (Å²) >= 11 is 1.78. The lowest BCUT2D eigenvalue weighted by Crippen LogP contribution is -2.25. The average Bonchev–Trinajstić information content (AvgIpc) is 2.61. The first-order chi connectivity index (χ1) is 12.0. The molecule has 2 aromatic rings. The van der Waals surface area contributed by atoms with Crippen molar-refractivity contribution in [3.8, 4) is 11.5 Å². The van der Waals surface area contributed by atoms with Crippen LogP contribution in [0.1, 0.15) is 29.8 Å². The van der Waals surface area contributed by atoms with E-state index in [1.807, 2.05) is 42.5 Å². The molecule has 5 heteroatoms. The number of benzene rings is 2. The van der Waals surface area contributed by atoms with Crippen molar-refractivity contribution < 1.29 is 14.3 Å². The van der Waals surface area contributed by atoms with Gasteiger partial charge in [-0.25, -0.2) is 0 Å². The molecule has 1 N–H and O–H groups in total. The van der Waals surface area contributed by atoms with Crippen LogP contribution in [0.15, 0.2) is 47.4 Å². The fraction of sp³-hybridized carbons (Fsp3) is 0.350. The maximum absolute atomic E-state index is 12.3. The van der Waals surface area contributed by atoms with E-state index in [2.05, 4.69) is 19.2 Å². The molecule has 0 aliphatic rings. The van der Waals surface area contributed by atoms with Gasteiger partial charge < -0.3 is 14.8 Å². The Kier molecular flexibility index (Phi) is 7.19. The van der Waals surface area contributed by atoms with Crippen molar-refractivity contribution in [1.29, 1.82) is 0 Å². The summed E-state index contributed by atoms with van der Waals surface area (Å²) in [6.07, 6.45) is 0.674. The van der Waals surface area contributed by atoms with Gasteiger partial charge in [-0.1, -0.05) is 13.8 Å². The van der Waals surface area contributed by atoms with E-state index in [-0.39, 0.29) is 5.91 Å². The molecular weight excluding hydrogens is 334 g/mol. The van der Waals surface area contributed by atoms with Gasteiger partial charge in [0.25, 0.3) is 5.91 Å². The molecule has 0 unspecified atom stereocenters. The Bertz CT molecular complexity index is 699. The van der Waals surface area contributed by atoms with Gasteiger partial charge in [-0.05, 0) is 54.4 Å². The summed E-state index contributed by atoms with van der Waals surface area (Å²) in [6.45, 7) is 4.83. The number of carbonyl (C=O) groups is 1. The third kappa shape index (κ3) is 5.71. The minimum absolute atomic E-state index is 0.0667. The Balaban J connectivity index is 1.92. The van der Waals surface area contributed by atoms with Crippen LogP contribution in [-0.2, 0) is 6.42 Å². The normalized spacial score (nSPS) is 10.6. The van der Waals surface area contributed by atoms with E-state index >= 15 is 0 Å². The van der Waals surface area contributed by atoms with E-state index in [1.165, 1.54) is 4.90 Å². The number of hydrogen-bond donors (Lipinski definition) is 1. The van der Waals surface area contributed by atoms with Gasteiger partial charge in [0.05, 0.1) is 14.2 Å². The van der Waals surface area contributed by atoms with Crippen LogP contribution in [0, 0.1) is 0 Å². The van der Waals surface area contributed by atoms with Gasteiger partial charge in [-0.3, -0.25) is 4.79 Å². The summed E-state index contributed by atoms with van der Waals surface area (Å²) in [6, 6.07) is 13.4. The van der Waals surface area contributed by atoms with Gasteiger partial charge in [0.2, 0.25) is 0 Å². The van der Waals surface area contributed by atoms with E-state index < -0.39 is 0 Å². The second-order valence-electron chi connectivity index (χ2n) is 5.87. The maximum atomic E-state index is 12.3. The molecule has 0 spiro atoms. The highest BCUT2D eigenvalue weighted by molar-refractivity contribution is 7.99. The Hall–Kier alpha value is -2.14. The number of ether oxygens (including phenoxy) is 2. The molecule has 0 aromatic heterocycles. The van der Waals surface area contributed by atoms with Crippen LogP contribution in [0.5, 0.6) is 11.5 Å². The molecule has 1 amide bonds. The first-order valence-corrected chi connectivity index (χ1v) is 9.17. The topological polar surface area (TPSA) is 47.6 Å². The molecule has 0 saturated carbocycles. The van der Waals surface area contributed by atoms with Crippen molar-refractivity contribution in [3.05, 3.63) is 53.6 Å². The minimum atomic E-state index is -0.0667. The van der Waals surface area contributed by atoms with Gasteiger partial charge in [0, 0.05) is 22.3 Å². The van der Waals surface area contributed by atoms with Crippen molar-refractivity contribution in [2.75, 3.05) is 20.8 Å². The second-order valence-corrected chi connectivity index (χ2v) is 7.52. The van der Waals surface area contributed by atoms with Crippen molar-refractivity contribution in [2.24, 2.45) is 0 Å². The van der Waals surface area contributed by atoms with Crippen molar-refractivity contribution >= 4 is 17.7 Å². The zero-order valence-corrected chi connectivity index (χ0v) is 16.0. The molecule has 4 nitrogen and oxygen atoms in total. The van der Waals surface area contributed by atoms with Gasteiger partial charge in [-0.2, -0.15) is 0 Å². The highest BCUT2D eigenvalue weighted by Gasteiger charge is 2.08. The van der Waals surface area contributed by atoms with Gasteiger partial charge >= 0.3 is 0 Å². The van der Waals surface area contributed by atoms with E-state index in [4.69, 9.17) is 9.47 Å². The molecule has 0 aliphatic carbocycles. The number of nitrogens with one attached hydrogen (secondary N) is 1. The van der Waals surface area contributed by atoms with Crippen LogP contribution in [0.25, 0.3) is 0 Å². The lowest BCUT2D eigenvalue weighted by molar-refractivity contribution is 0.0954. The molecule has 134 valence electrons. The predicted octanol–water partition coefficient (Wildman–Crippen LogP) is 4.18. The summed E-state index contributed by atoms with van der Waals surface area (Å²) in [4.78, 5) is 13.4. The average molecular weight is 359 g/mol. The molecule has 0 radical (unpaired) electrons. The number of amides is 1. The highest BCUT2D eigenvalue weighted by Crippen LogP contribution is 2.24. The minimum Gasteiger partial charge on any atom is -0.497 e. The zero-order chi connectivity index (χ0) is 18.2. The fourth-order valence-corrected chi connectivity index (χ4v) is 3.28. The summed E-state index contributed by atoms with van der Waals surface area (Å²) in [5.41, 5.74) is 1.68. The van der Waals surface area contributed by atoms with Crippen molar-refractivity contribution in [3.63, 3.8) is 0 Å². The van der Waals surface area contributed by atoms with Crippen LogP contribution >= 0.6 is 11.8 Å². The smallest absolute Gasteiger partial charge is 0.251 e. The molecule has 0 aliphatic heterocycles. The summed E-state index contributed by atoms with van der Waals surface area (Å²) in [5, 5.41) is 3.48. The number of methoxy groups -OCH3 is 2. The first-order valence-electron chi connectivity index (χ1n) is 8.29. The molecule has 0 bridgehead atoms. The molecule has 2 rings (SSSR count). The van der Waals surface area contributed by atoms with E-state index in [0.717, 1.165) is 17.1 Å². The van der Waals surface area contributed by atoms with Gasteiger partial charge in [0.15, 0.2) is 0 Å². The van der Waals surface area contributed by atoms with Crippen molar-refractivity contribution in [2.45, 2.75) is 30.4 Å². The molecule has 2 aromatic carbocycles. The standard InChI is InChI=1S/C20H25NO3S/c1-14(2)25-18-8-5-15(6-9-18)20(22)21-12-11-16-13-17(23-3)7-10-19(16)24-4/h5-10,13-14H,11-12H2,1-4H3,(H,21,22). The van der Waals surface area contributed by atoms with Gasteiger partial charge in [-0.15, -0.1) is 11.8 Å². The first kappa shape index (κ1) is 19.2. The lowest BCUT2D eigenvalue weighted by Gasteiger charge is -2.11. The molecule has 0 heterocycles. The molecular formula is C20H25NO3S. The monoisotopic (exact) mass is 359 g/mol. The Labute approximate surface area is 153 Å². The zero-order valence-electron chi connectivity index (χ0n) is 15.2. The Morgan fingerprint density at radius 3 is 2.40 bits per heavy atom. The number of carbonyl (C=O) groups excluding carboxylic acids is 1. The van der Waals surface area contributed by atoms with Crippen LogP contribution in [-0.4, -0.2) is 31.9 Å². The maximum Gasteiger partial charge on any atom is 0.251 e. The third-order valence-electron chi connectivity index (χ3n) is 3.66. The SMILES string of the molecule is COc1ccc(OC)c(CCNC(=O)c2ccc(SC(C)C)cc2)c1. The van der Waals surface area contributed by atoms with Crippen LogP contribution < -0.4 is 14.8 Å². The fourth-order valence-electron chi connectivity index (χ4n) is 2.45. The van der Waals surface area contributed by atoms with Crippen molar-refractivity contribution in [1.82, 2.24) is 5.32 Å². The number of rotatable bonds is 8. The second kappa shape index (κ2) is 9.37. The number of hydrogen-bond acceptors (Lipinski definition) is 4. The molecule has 0 saturated heterocycles. The molecule has 0 atom stereocenters. The summed E-state index contributed by atoms with van der Waals surface area (Å²) in [5.74, 6) is 1.51. The van der Waals surface area contributed by atoms with Gasteiger partial charge in [0.1, 0.15) is 11.5 Å².